The number of benzene rings is 1. The minimum Gasteiger partial charge on any atom is -0.439 e. The lowest BCUT2D eigenvalue weighted by Gasteiger charge is -2.43. The van der Waals surface area contributed by atoms with E-state index in [1.165, 1.54) is 18.2 Å². The lowest BCUT2D eigenvalue weighted by Crippen LogP contribution is -2.57. The van der Waals surface area contributed by atoms with Gasteiger partial charge in [-0.05, 0) is 25.0 Å². The summed E-state index contributed by atoms with van der Waals surface area (Å²) in [6, 6.07) is 5.72. The summed E-state index contributed by atoms with van der Waals surface area (Å²) in [6.07, 6.45) is -3.72. The molecular formula is C19H18F4N4O3. The Kier molecular flexibility index (Phi) is 5.22. The largest absolute Gasteiger partial charge is 0.439 e. The molecule has 4 rings (SSSR count). The monoisotopic (exact) mass is 426 g/mol. The van der Waals surface area contributed by atoms with Crippen molar-refractivity contribution in [2.45, 2.75) is 24.6 Å². The molecule has 1 spiro atoms. The first-order valence-electron chi connectivity index (χ1n) is 9.28. The lowest BCUT2D eigenvalue weighted by atomic mass is 9.90. The Morgan fingerprint density at radius 1 is 1.17 bits per heavy atom. The number of morpholine rings is 1. The molecule has 3 heterocycles. The number of aromatic nitrogens is 2. The summed E-state index contributed by atoms with van der Waals surface area (Å²) in [4.78, 5) is 20.7. The quantitative estimate of drug-likeness (QED) is 0.761. The lowest BCUT2D eigenvalue weighted by molar-refractivity contribution is -0.146. The molecule has 0 aliphatic carbocycles. The molecule has 1 aromatic carbocycles. The second-order valence-corrected chi connectivity index (χ2v) is 7.18. The van der Waals surface area contributed by atoms with Gasteiger partial charge in [0.2, 0.25) is 17.7 Å². The molecule has 1 aromatic heterocycles. The van der Waals surface area contributed by atoms with Gasteiger partial charge in [0, 0.05) is 31.8 Å². The number of hydrogen-bond acceptors (Lipinski definition) is 6. The maximum Gasteiger partial charge on any atom is 0.433 e. The van der Waals surface area contributed by atoms with E-state index in [1.807, 2.05) is 0 Å². The van der Waals surface area contributed by atoms with Crippen molar-refractivity contribution in [2.24, 2.45) is 0 Å². The summed E-state index contributed by atoms with van der Waals surface area (Å²) >= 11 is 0. The average molecular weight is 426 g/mol. The van der Waals surface area contributed by atoms with Crippen molar-refractivity contribution >= 4 is 11.9 Å². The molecule has 2 fully saturated rings. The maximum atomic E-state index is 13.4. The van der Waals surface area contributed by atoms with Gasteiger partial charge >= 0.3 is 6.18 Å². The zero-order chi connectivity index (χ0) is 21.4. The number of nitrogens with zero attached hydrogens (tertiary/aromatic N) is 3. The van der Waals surface area contributed by atoms with E-state index < -0.39 is 23.3 Å². The number of amides is 1. The van der Waals surface area contributed by atoms with E-state index in [-0.39, 0.29) is 30.1 Å². The van der Waals surface area contributed by atoms with Crippen molar-refractivity contribution < 1.29 is 31.8 Å². The highest BCUT2D eigenvalue weighted by Gasteiger charge is 2.40. The predicted octanol–water partition coefficient (Wildman–Crippen LogP) is 2.91. The van der Waals surface area contributed by atoms with Crippen LogP contribution in [0.25, 0.3) is 0 Å². The molecule has 2 aliphatic heterocycles. The molecule has 2 saturated heterocycles. The van der Waals surface area contributed by atoms with Gasteiger partial charge in [0.1, 0.15) is 18.2 Å². The highest BCUT2D eigenvalue weighted by Crippen LogP contribution is 2.34. The molecule has 11 heteroatoms. The summed E-state index contributed by atoms with van der Waals surface area (Å²) in [7, 11) is 0. The zero-order valence-corrected chi connectivity index (χ0v) is 15.7. The average Bonchev–Trinajstić information content (AvgIpc) is 2.70. The fourth-order valence-electron chi connectivity index (χ4n) is 3.42. The Bertz CT molecular complexity index is 934. The van der Waals surface area contributed by atoms with E-state index in [1.54, 1.807) is 4.90 Å². The van der Waals surface area contributed by atoms with E-state index >= 15 is 0 Å². The molecular weight excluding hydrogens is 408 g/mol. The number of ether oxygens (including phenoxy) is 2. The van der Waals surface area contributed by atoms with Gasteiger partial charge in [0.15, 0.2) is 5.69 Å². The second kappa shape index (κ2) is 7.71. The highest BCUT2D eigenvalue weighted by molar-refractivity contribution is 5.78. The van der Waals surface area contributed by atoms with Crippen LogP contribution in [0.2, 0.25) is 0 Å². The molecule has 7 nitrogen and oxygen atoms in total. The molecule has 0 bridgehead atoms. The highest BCUT2D eigenvalue weighted by atomic mass is 19.4. The number of hydrogen-bond donors (Lipinski definition) is 1. The van der Waals surface area contributed by atoms with Gasteiger partial charge < -0.3 is 19.7 Å². The van der Waals surface area contributed by atoms with E-state index in [0.29, 0.717) is 38.5 Å². The number of halogens is 4. The standard InChI is InChI=1S/C19H18F4N4O3/c20-12-2-1-3-13(8-12)30-16-9-14(19(21,22)23)25-17(26-16)27-6-4-18(5-7-27)11-24-15(28)10-29-18/h1-3,8-9H,4-7,10-11H2,(H,24,28). The summed E-state index contributed by atoms with van der Waals surface area (Å²) in [5.74, 6) is -1.22. The third kappa shape index (κ3) is 4.45. The molecule has 0 atom stereocenters. The Hall–Kier alpha value is -2.95. The maximum absolute atomic E-state index is 13.4. The van der Waals surface area contributed by atoms with Gasteiger partial charge in [-0.2, -0.15) is 18.2 Å². The number of carbonyl (C=O) groups is 1. The molecule has 0 radical (unpaired) electrons. The summed E-state index contributed by atoms with van der Waals surface area (Å²) in [5, 5.41) is 2.75. The van der Waals surface area contributed by atoms with Gasteiger partial charge in [-0.1, -0.05) is 6.07 Å². The van der Waals surface area contributed by atoms with Crippen molar-refractivity contribution in [1.82, 2.24) is 15.3 Å². The number of rotatable bonds is 3. The number of anilines is 1. The van der Waals surface area contributed by atoms with Crippen LogP contribution in [-0.4, -0.2) is 47.7 Å². The van der Waals surface area contributed by atoms with Crippen LogP contribution < -0.4 is 15.0 Å². The van der Waals surface area contributed by atoms with Crippen molar-refractivity contribution in [3.05, 3.63) is 41.8 Å². The van der Waals surface area contributed by atoms with Crippen molar-refractivity contribution in [2.75, 3.05) is 31.1 Å². The molecule has 160 valence electrons. The smallest absolute Gasteiger partial charge is 0.433 e. The first kappa shape index (κ1) is 20.3. The fraction of sp³-hybridized carbons (Fsp3) is 0.421. The summed E-state index contributed by atoms with van der Waals surface area (Å²) in [6.45, 7) is 1.01. The topological polar surface area (TPSA) is 76.6 Å². The zero-order valence-electron chi connectivity index (χ0n) is 15.7. The molecule has 1 N–H and O–H groups in total. The first-order chi connectivity index (χ1) is 14.2. The fourth-order valence-corrected chi connectivity index (χ4v) is 3.42. The SMILES string of the molecule is O=C1COC2(CCN(c3nc(Oc4cccc(F)c4)cc(C(F)(F)F)n3)CC2)CN1. The number of carbonyl (C=O) groups excluding carboxylic acids is 1. The van der Waals surface area contributed by atoms with Crippen LogP contribution in [0.15, 0.2) is 30.3 Å². The van der Waals surface area contributed by atoms with Crippen molar-refractivity contribution in [3.63, 3.8) is 0 Å². The van der Waals surface area contributed by atoms with Crippen LogP contribution >= 0.6 is 0 Å². The molecule has 1 amide bonds. The van der Waals surface area contributed by atoms with Gasteiger partial charge in [-0.15, -0.1) is 0 Å². The summed E-state index contributed by atoms with van der Waals surface area (Å²) < 4.78 is 64.5. The Labute approximate surface area is 169 Å². The molecule has 2 aromatic rings. The van der Waals surface area contributed by atoms with Crippen LogP contribution in [-0.2, 0) is 15.7 Å². The summed E-state index contributed by atoms with van der Waals surface area (Å²) in [5.41, 5.74) is -1.69. The van der Waals surface area contributed by atoms with E-state index in [2.05, 4.69) is 15.3 Å². The van der Waals surface area contributed by atoms with Gasteiger partial charge in [-0.25, -0.2) is 9.37 Å². The minimum absolute atomic E-state index is 0.0247. The Balaban J connectivity index is 1.56. The van der Waals surface area contributed by atoms with Gasteiger partial charge in [0.25, 0.3) is 0 Å². The first-order valence-corrected chi connectivity index (χ1v) is 9.28. The Morgan fingerprint density at radius 2 is 1.93 bits per heavy atom. The van der Waals surface area contributed by atoms with Crippen LogP contribution in [0.3, 0.4) is 0 Å². The van der Waals surface area contributed by atoms with E-state index in [9.17, 15) is 22.4 Å². The molecule has 0 unspecified atom stereocenters. The number of nitrogens with one attached hydrogen (secondary N) is 1. The van der Waals surface area contributed by atoms with Crippen LogP contribution in [0.1, 0.15) is 18.5 Å². The van der Waals surface area contributed by atoms with Crippen LogP contribution in [0.5, 0.6) is 11.6 Å². The minimum atomic E-state index is -4.70. The van der Waals surface area contributed by atoms with E-state index in [4.69, 9.17) is 9.47 Å². The number of piperidine rings is 1. The number of alkyl halides is 3. The molecule has 0 saturated carbocycles. The van der Waals surface area contributed by atoms with Crippen LogP contribution in [0, 0.1) is 5.82 Å². The third-order valence-corrected chi connectivity index (χ3v) is 5.07. The van der Waals surface area contributed by atoms with Gasteiger partial charge in [0.05, 0.1) is 5.60 Å². The normalized spacial score (nSPS) is 18.9. The van der Waals surface area contributed by atoms with Crippen LogP contribution in [0.4, 0.5) is 23.5 Å². The van der Waals surface area contributed by atoms with Gasteiger partial charge in [-0.3, -0.25) is 4.79 Å². The van der Waals surface area contributed by atoms with Crippen molar-refractivity contribution in [1.29, 1.82) is 0 Å². The second-order valence-electron chi connectivity index (χ2n) is 7.18. The third-order valence-electron chi connectivity index (χ3n) is 5.07. The predicted molar refractivity (Wildman–Crippen MR) is 96.6 cm³/mol. The van der Waals surface area contributed by atoms with E-state index in [0.717, 1.165) is 6.07 Å². The van der Waals surface area contributed by atoms with Crippen molar-refractivity contribution in [3.8, 4) is 11.6 Å². The molecule has 2 aliphatic rings. The molecule has 30 heavy (non-hydrogen) atoms. The Morgan fingerprint density at radius 3 is 2.57 bits per heavy atom.